The molecule has 0 saturated carbocycles. The zero-order chi connectivity index (χ0) is 13.9. The fraction of sp³-hybridized carbons (Fsp3) is 0.625. The largest absolute Gasteiger partial charge is 0.493 e. The maximum atomic E-state index is 5.72. The van der Waals surface area contributed by atoms with Crippen LogP contribution in [-0.4, -0.2) is 19.8 Å². The molecule has 0 bridgehead atoms. The molecule has 108 valence electrons. The molecule has 0 aliphatic carbocycles. The van der Waals surface area contributed by atoms with Crippen molar-refractivity contribution in [2.45, 2.75) is 39.7 Å². The molecule has 2 N–H and O–H groups in total. The van der Waals surface area contributed by atoms with Crippen molar-refractivity contribution in [3.8, 4) is 5.75 Å². The van der Waals surface area contributed by atoms with Crippen molar-refractivity contribution in [3.05, 3.63) is 29.8 Å². The number of benzene rings is 1. The molecule has 0 aliphatic rings. The molecule has 0 spiro atoms. The highest BCUT2D eigenvalue weighted by Gasteiger charge is 2.02. The highest BCUT2D eigenvalue weighted by atomic mass is 16.5. The van der Waals surface area contributed by atoms with Crippen molar-refractivity contribution < 1.29 is 9.47 Å². The van der Waals surface area contributed by atoms with E-state index in [1.54, 1.807) is 0 Å². The predicted molar refractivity (Wildman–Crippen MR) is 79.3 cm³/mol. The Labute approximate surface area is 117 Å². The number of hydrogen-bond acceptors (Lipinski definition) is 3. The van der Waals surface area contributed by atoms with E-state index in [4.69, 9.17) is 15.2 Å². The highest BCUT2D eigenvalue weighted by molar-refractivity contribution is 5.32. The van der Waals surface area contributed by atoms with Crippen LogP contribution in [0, 0.1) is 5.92 Å². The van der Waals surface area contributed by atoms with E-state index in [9.17, 15) is 0 Å². The summed E-state index contributed by atoms with van der Waals surface area (Å²) in [5, 5.41) is 0. The molecule has 0 amide bonds. The minimum atomic E-state index is 0.515. The number of para-hydroxylation sites is 1. The molecule has 1 unspecified atom stereocenters. The van der Waals surface area contributed by atoms with Crippen molar-refractivity contribution in [2.24, 2.45) is 11.7 Å². The molecule has 1 aromatic rings. The van der Waals surface area contributed by atoms with E-state index in [0.717, 1.165) is 30.9 Å². The third-order valence-corrected chi connectivity index (χ3v) is 3.07. The van der Waals surface area contributed by atoms with Gasteiger partial charge in [-0.1, -0.05) is 38.5 Å². The minimum absolute atomic E-state index is 0.515. The summed E-state index contributed by atoms with van der Waals surface area (Å²) in [7, 11) is 0. The molecule has 3 heteroatoms. The van der Waals surface area contributed by atoms with E-state index < -0.39 is 0 Å². The molecular weight excluding hydrogens is 238 g/mol. The first-order chi connectivity index (χ1) is 9.27. The molecule has 0 fully saturated rings. The van der Waals surface area contributed by atoms with Gasteiger partial charge >= 0.3 is 0 Å². The molecule has 0 aliphatic heterocycles. The topological polar surface area (TPSA) is 44.5 Å². The summed E-state index contributed by atoms with van der Waals surface area (Å²) in [6.45, 7) is 7.25. The quantitative estimate of drug-likeness (QED) is 0.660. The minimum Gasteiger partial charge on any atom is -0.493 e. The summed E-state index contributed by atoms with van der Waals surface area (Å²) >= 11 is 0. The predicted octanol–water partition coefficient (Wildman–Crippen LogP) is 3.37. The smallest absolute Gasteiger partial charge is 0.123 e. The summed E-state index contributed by atoms with van der Waals surface area (Å²) in [5.41, 5.74) is 6.72. The summed E-state index contributed by atoms with van der Waals surface area (Å²) in [5.74, 6) is 1.55. The van der Waals surface area contributed by atoms with Crippen LogP contribution in [-0.2, 0) is 11.3 Å². The highest BCUT2D eigenvalue weighted by Crippen LogP contribution is 2.17. The van der Waals surface area contributed by atoms with Gasteiger partial charge in [0, 0.05) is 31.7 Å². The zero-order valence-corrected chi connectivity index (χ0v) is 12.2. The van der Waals surface area contributed by atoms with Gasteiger partial charge in [-0.05, 0) is 18.4 Å². The van der Waals surface area contributed by atoms with Gasteiger partial charge in [0.05, 0.1) is 6.61 Å². The summed E-state index contributed by atoms with van der Waals surface area (Å²) in [4.78, 5) is 0. The number of ether oxygens (including phenoxy) is 2. The first-order valence-corrected chi connectivity index (χ1v) is 7.26. The first-order valence-electron chi connectivity index (χ1n) is 7.26. The van der Waals surface area contributed by atoms with Gasteiger partial charge in [0.2, 0.25) is 0 Å². The van der Waals surface area contributed by atoms with Crippen LogP contribution in [0.15, 0.2) is 24.3 Å². The van der Waals surface area contributed by atoms with Gasteiger partial charge < -0.3 is 15.2 Å². The Morgan fingerprint density at radius 1 is 1.21 bits per heavy atom. The van der Waals surface area contributed by atoms with Crippen molar-refractivity contribution in [1.29, 1.82) is 0 Å². The molecule has 1 aromatic carbocycles. The molecule has 0 heterocycles. The van der Waals surface area contributed by atoms with Crippen molar-refractivity contribution in [2.75, 3.05) is 19.8 Å². The monoisotopic (exact) mass is 265 g/mol. The van der Waals surface area contributed by atoms with Crippen molar-refractivity contribution in [3.63, 3.8) is 0 Å². The van der Waals surface area contributed by atoms with Crippen LogP contribution in [0.1, 0.15) is 38.7 Å². The fourth-order valence-electron chi connectivity index (χ4n) is 2.02. The maximum Gasteiger partial charge on any atom is 0.123 e. The van der Waals surface area contributed by atoms with E-state index in [1.165, 1.54) is 12.8 Å². The Morgan fingerprint density at radius 3 is 2.74 bits per heavy atom. The molecule has 0 radical (unpaired) electrons. The van der Waals surface area contributed by atoms with Crippen LogP contribution in [0.25, 0.3) is 0 Å². The Balaban J connectivity index is 2.10. The van der Waals surface area contributed by atoms with Crippen molar-refractivity contribution >= 4 is 0 Å². The summed E-state index contributed by atoms with van der Waals surface area (Å²) in [6.07, 6.45) is 3.38. The Kier molecular flexibility index (Phi) is 8.26. The van der Waals surface area contributed by atoms with Crippen LogP contribution in [0.2, 0.25) is 0 Å². The van der Waals surface area contributed by atoms with Gasteiger partial charge in [-0.2, -0.15) is 0 Å². The van der Waals surface area contributed by atoms with Crippen LogP contribution < -0.4 is 10.5 Å². The normalized spacial score (nSPS) is 12.4. The van der Waals surface area contributed by atoms with E-state index >= 15 is 0 Å². The molecular formula is C16H27NO2. The van der Waals surface area contributed by atoms with Gasteiger partial charge in [0.15, 0.2) is 0 Å². The Morgan fingerprint density at radius 2 is 2.00 bits per heavy atom. The molecule has 19 heavy (non-hydrogen) atoms. The average molecular weight is 265 g/mol. The lowest BCUT2D eigenvalue weighted by Crippen LogP contribution is -2.09. The van der Waals surface area contributed by atoms with Crippen LogP contribution in [0.3, 0.4) is 0 Å². The Hall–Kier alpha value is -1.06. The average Bonchev–Trinajstić information content (AvgIpc) is 2.43. The second-order valence-corrected chi connectivity index (χ2v) is 4.98. The van der Waals surface area contributed by atoms with E-state index in [0.29, 0.717) is 19.1 Å². The lowest BCUT2D eigenvalue weighted by Gasteiger charge is -2.12. The zero-order valence-electron chi connectivity index (χ0n) is 12.2. The molecule has 0 saturated heterocycles. The second-order valence-electron chi connectivity index (χ2n) is 4.98. The number of nitrogens with two attached hydrogens (primary N) is 1. The summed E-state index contributed by atoms with van der Waals surface area (Å²) in [6, 6.07) is 7.91. The lowest BCUT2D eigenvalue weighted by atomic mass is 10.1. The lowest BCUT2D eigenvalue weighted by molar-refractivity contribution is 0.0909. The number of rotatable bonds is 10. The molecule has 1 rings (SSSR count). The third-order valence-electron chi connectivity index (χ3n) is 3.07. The number of hydrogen-bond donors (Lipinski definition) is 1. The second kappa shape index (κ2) is 9.82. The molecule has 1 atom stereocenters. The van der Waals surface area contributed by atoms with E-state index in [-0.39, 0.29) is 0 Å². The van der Waals surface area contributed by atoms with Crippen LogP contribution in [0.5, 0.6) is 5.75 Å². The van der Waals surface area contributed by atoms with Crippen LogP contribution in [0.4, 0.5) is 0 Å². The maximum absolute atomic E-state index is 5.72. The molecule has 0 aromatic heterocycles. The van der Waals surface area contributed by atoms with Crippen LogP contribution >= 0.6 is 0 Å². The fourth-order valence-corrected chi connectivity index (χ4v) is 2.02. The molecule has 3 nitrogen and oxygen atoms in total. The van der Waals surface area contributed by atoms with Crippen molar-refractivity contribution in [1.82, 2.24) is 0 Å². The third kappa shape index (κ3) is 6.60. The van der Waals surface area contributed by atoms with Gasteiger partial charge in [-0.25, -0.2) is 0 Å². The van der Waals surface area contributed by atoms with E-state index in [1.807, 2.05) is 24.3 Å². The van der Waals surface area contributed by atoms with Gasteiger partial charge in [-0.15, -0.1) is 0 Å². The standard InChI is InChI=1S/C16H27NO2/c1-3-7-14(2)13-18-10-6-11-19-16-9-5-4-8-15(16)12-17/h4-5,8-9,14H,3,6-7,10-13,17H2,1-2H3. The van der Waals surface area contributed by atoms with E-state index in [2.05, 4.69) is 13.8 Å². The summed E-state index contributed by atoms with van der Waals surface area (Å²) < 4.78 is 11.4. The first kappa shape index (κ1) is 16.0. The van der Waals surface area contributed by atoms with Gasteiger partial charge in [-0.3, -0.25) is 0 Å². The van der Waals surface area contributed by atoms with Gasteiger partial charge in [0.25, 0.3) is 0 Å². The van der Waals surface area contributed by atoms with Gasteiger partial charge in [0.1, 0.15) is 5.75 Å². The SMILES string of the molecule is CCCC(C)COCCCOc1ccccc1CN. The Bertz CT molecular complexity index is 341.